The summed E-state index contributed by atoms with van der Waals surface area (Å²) in [5.41, 5.74) is 3.47. The molecule has 1 aliphatic heterocycles. The average molecular weight is 394 g/mol. The van der Waals surface area contributed by atoms with Crippen LogP contribution in [0.4, 0.5) is 5.69 Å². The summed E-state index contributed by atoms with van der Waals surface area (Å²) < 4.78 is 2.25. The largest absolute Gasteiger partial charge is 0.328 e. The van der Waals surface area contributed by atoms with E-state index in [1.807, 2.05) is 30.5 Å². The van der Waals surface area contributed by atoms with Crippen molar-refractivity contribution < 1.29 is 9.59 Å². The van der Waals surface area contributed by atoms with Gasteiger partial charge in [-0.05, 0) is 48.4 Å². The Hall–Kier alpha value is -2.92. The van der Waals surface area contributed by atoms with E-state index in [2.05, 4.69) is 14.9 Å². The van der Waals surface area contributed by atoms with Crippen LogP contribution < -0.4 is 5.32 Å². The van der Waals surface area contributed by atoms with Crippen LogP contribution in [0.3, 0.4) is 0 Å². The van der Waals surface area contributed by atoms with E-state index < -0.39 is 0 Å². The monoisotopic (exact) mass is 393 g/mol. The summed E-state index contributed by atoms with van der Waals surface area (Å²) >= 11 is 5.83. The molecule has 1 aromatic heterocycles. The molecule has 28 heavy (non-hydrogen) atoms. The number of Topliss-reactive ketones (excluding diaryl/α,β-unsaturated/α-hetero) is 1. The summed E-state index contributed by atoms with van der Waals surface area (Å²) in [7, 11) is 0. The van der Waals surface area contributed by atoms with Crippen molar-refractivity contribution in [3.05, 3.63) is 71.1 Å². The molecule has 6 heteroatoms. The quantitative estimate of drug-likeness (QED) is 0.614. The number of nitrogens with one attached hydrogen (secondary N) is 1. The van der Waals surface area contributed by atoms with Gasteiger partial charge >= 0.3 is 0 Å². The van der Waals surface area contributed by atoms with Gasteiger partial charge in [0, 0.05) is 42.1 Å². The van der Waals surface area contributed by atoms with Gasteiger partial charge < -0.3 is 9.88 Å². The number of halogens is 1. The summed E-state index contributed by atoms with van der Waals surface area (Å²) in [6, 6.07) is 14.4. The minimum atomic E-state index is -0.180. The Balaban J connectivity index is 1.33. The van der Waals surface area contributed by atoms with Gasteiger partial charge in [-0.25, -0.2) is 4.98 Å². The molecule has 0 unspecified atom stereocenters. The molecule has 1 N–H and O–H groups in total. The van der Waals surface area contributed by atoms with Crippen molar-refractivity contribution >= 4 is 29.0 Å². The summed E-state index contributed by atoms with van der Waals surface area (Å²) in [5, 5.41) is 3.43. The van der Waals surface area contributed by atoms with Gasteiger partial charge in [-0.3, -0.25) is 9.59 Å². The molecule has 5 nitrogen and oxygen atoms in total. The van der Waals surface area contributed by atoms with Crippen molar-refractivity contribution in [2.45, 2.75) is 32.2 Å². The van der Waals surface area contributed by atoms with Gasteiger partial charge in [0.1, 0.15) is 5.82 Å². The smallest absolute Gasteiger partial charge is 0.224 e. The van der Waals surface area contributed by atoms with Crippen LogP contribution in [0.25, 0.3) is 11.3 Å². The number of anilines is 1. The highest BCUT2D eigenvalue weighted by molar-refractivity contribution is 6.30. The van der Waals surface area contributed by atoms with E-state index in [9.17, 15) is 9.59 Å². The fourth-order valence-electron chi connectivity index (χ4n) is 3.44. The van der Waals surface area contributed by atoms with Crippen LogP contribution in [0.2, 0.25) is 5.02 Å². The first-order valence-corrected chi connectivity index (χ1v) is 9.71. The fraction of sp³-hybridized carbons (Fsp3) is 0.227. The predicted molar refractivity (Wildman–Crippen MR) is 110 cm³/mol. The number of fused-ring (bicyclic) bond motifs is 1. The fourth-order valence-corrected chi connectivity index (χ4v) is 3.57. The molecular formula is C22H20ClN3O2. The zero-order chi connectivity index (χ0) is 19.5. The SMILES string of the molecule is O=C(CCC(=O)c1ccc(Cl)cc1)Nc1ccc(-c2cnc3n2CCC3)cc1. The molecule has 0 aliphatic carbocycles. The highest BCUT2D eigenvalue weighted by Crippen LogP contribution is 2.26. The molecule has 0 fully saturated rings. The number of carbonyl (C=O) groups excluding carboxylic acids is 2. The summed E-state index contributed by atoms with van der Waals surface area (Å²) in [4.78, 5) is 28.8. The molecule has 1 aliphatic rings. The van der Waals surface area contributed by atoms with Crippen molar-refractivity contribution in [3.63, 3.8) is 0 Å². The van der Waals surface area contributed by atoms with Gasteiger partial charge in [-0.1, -0.05) is 23.7 Å². The zero-order valence-electron chi connectivity index (χ0n) is 15.3. The van der Waals surface area contributed by atoms with Gasteiger partial charge in [-0.2, -0.15) is 0 Å². The minimum Gasteiger partial charge on any atom is -0.328 e. The number of hydrogen-bond donors (Lipinski definition) is 1. The van der Waals surface area contributed by atoms with E-state index in [4.69, 9.17) is 11.6 Å². The molecule has 142 valence electrons. The number of benzene rings is 2. The molecule has 2 aromatic carbocycles. The van der Waals surface area contributed by atoms with E-state index in [0.29, 0.717) is 16.3 Å². The van der Waals surface area contributed by atoms with Crippen LogP contribution in [0.5, 0.6) is 0 Å². The number of ketones is 1. The molecular weight excluding hydrogens is 374 g/mol. The zero-order valence-corrected chi connectivity index (χ0v) is 16.1. The number of hydrogen-bond acceptors (Lipinski definition) is 3. The first kappa shape index (κ1) is 18.4. The standard InChI is InChI=1S/C22H20ClN3O2/c23-17-7-3-16(4-8-17)20(27)11-12-22(28)25-18-9-5-15(6-10-18)19-14-24-21-2-1-13-26(19)21/h3-10,14H,1-2,11-13H2,(H,25,28). The second-order valence-electron chi connectivity index (χ2n) is 6.87. The van der Waals surface area contributed by atoms with Crippen LogP contribution in [-0.4, -0.2) is 21.2 Å². The number of amides is 1. The molecule has 3 aromatic rings. The molecule has 0 bridgehead atoms. The molecule has 0 spiro atoms. The van der Waals surface area contributed by atoms with Crippen molar-refractivity contribution in [1.82, 2.24) is 9.55 Å². The minimum absolute atomic E-state index is 0.0725. The van der Waals surface area contributed by atoms with Crippen molar-refractivity contribution in [2.75, 3.05) is 5.32 Å². The van der Waals surface area contributed by atoms with Crippen molar-refractivity contribution in [1.29, 1.82) is 0 Å². The van der Waals surface area contributed by atoms with Gasteiger partial charge in [0.15, 0.2) is 5.78 Å². The highest BCUT2D eigenvalue weighted by atomic mass is 35.5. The molecule has 0 saturated carbocycles. The Morgan fingerprint density at radius 2 is 1.79 bits per heavy atom. The number of aryl methyl sites for hydroxylation is 1. The lowest BCUT2D eigenvalue weighted by Gasteiger charge is -2.08. The van der Waals surface area contributed by atoms with E-state index in [1.165, 1.54) is 0 Å². The maximum absolute atomic E-state index is 12.2. The van der Waals surface area contributed by atoms with Gasteiger partial charge in [0.05, 0.1) is 11.9 Å². The maximum Gasteiger partial charge on any atom is 0.224 e. The Labute approximate surface area is 168 Å². The Bertz CT molecular complexity index is 1010. The lowest BCUT2D eigenvalue weighted by Crippen LogP contribution is -2.13. The first-order chi connectivity index (χ1) is 13.6. The number of nitrogens with zero attached hydrogens (tertiary/aromatic N) is 2. The Morgan fingerprint density at radius 1 is 1.04 bits per heavy atom. The topological polar surface area (TPSA) is 64.0 Å². The highest BCUT2D eigenvalue weighted by Gasteiger charge is 2.16. The third-order valence-electron chi connectivity index (χ3n) is 4.93. The van der Waals surface area contributed by atoms with Crippen molar-refractivity contribution in [2.24, 2.45) is 0 Å². The van der Waals surface area contributed by atoms with E-state index in [-0.39, 0.29) is 24.5 Å². The van der Waals surface area contributed by atoms with Gasteiger partial charge in [-0.15, -0.1) is 0 Å². The van der Waals surface area contributed by atoms with Crippen LogP contribution in [0.15, 0.2) is 54.7 Å². The second-order valence-corrected chi connectivity index (χ2v) is 7.31. The number of aromatic nitrogens is 2. The molecule has 4 rings (SSSR count). The normalized spacial score (nSPS) is 12.6. The molecule has 0 atom stereocenters. The van der Waals surface area contributed by atoms with Crippen molar-refractivity contribution in [3.8, 4) is 11.3 Å². The summed E-state index contributed by atoms with van der Waals surface area (Å²) in [5.74, 6) is 0.884. The first-order valence-electron chi connectivity index (χ1n) is 9.33. The van der Waals surface area contributed by atoms with E-state index >= 15 is 0 Å². The third kappa shape index (κ3) is 3.99. The molecule has 0 saturated heterocycles. The number of imidazole rings is 1. The summed E-state index contributed by atoms with van der Waals surface area (Å²) in [6.07, 6.45) is 4.37. The Kier molecular flexibility index (Phi) is 5.26. The lowest BCUT2D eigenvalue weighted by molar-refractivity contribution is -0.116. The lowest BCUT2D eigenvalue weighted by atomic mass is 10.1. The molecule has 0 radical (unpaired) electrons. The van der Waals surface area contributed by atoms with E-state index in [0.717, 1.165) is 36.5 Å². The average Bonchev–Trinajstić information content (AvgIpc) is 3.31. The van der Waals surface area contributed by atoms with Gasteiger partial charge in [0.25, 0.3) is 0 Å². The number of carbonyl (C=O) groups is 2. The third-order valence-corrected chi connectivity index (χ3v) is 5.18. The second kappa shape index (κ2) is 7.98. The van der Waals surface area contributed by atoms with Crippen LogP contribution in [0.1, 0.15) is 35.4 Å². The molecule has 1 amide bonds. The maximum atomic E-state index is 12.2. The van der Waals surface area contributed by atoms with Crippen LogP contribution in [0, 0.1) is 0 Å². The van der Waals surface area contributed by atoms with E-state index in [1.54, 1.807) is 24.3 Å². The van der Waals surface area contributed by atoms with Crippen LogP contribution >= 0.6 is 11.6 Å². The van der Waals surface area contributed by atoms with Gasteiger partial charge in [0.2, 0.25) is 5.91 Å². The summed E-state index contributed by atoms with van der Waals surface area (Å²) in [6.45, 7) is 1.00. The Morgan fingerprint density at radius 3 is 2.54 bits per heavy atom. The number of rotatable bonds is 6. The molecule has 2 heterocycles. The predicted octanol–water partition coefficient (Wildman–Crippen LogP) is 4.75. The van der Waals surface area contributed by atoms with Crippen LogP contribution in [-0.2, 0) is 17.8 Å².